The first-order valence-electron chi connectivity index (χ1n) is 8.08. The quantitative estimate of drug-likeness (QED) is 0.762. The summed E-state index contributed by atoms with van der Waals surface area (Å²) < 4.78 is 41.6. The zero-order valence-corrected chi connectivity index (χ0v) is 14.1. The summed E-state index contributed by atoms with van der Waals surface area (Å²) in [7, 11) is 1.58. The van der Waals surface area contributed by atoms with Crippen molar-refractivity contribution in [3.63, 3.8) is 0 Å². The topological polar surface area (TPSA) is 32.8 Å². The highest BCUT2D eigenvalue weighted by molar-refractivity contribution is 5.81. The third-order valence-electron chi connectivity index (χ3n) is 4.18. The van der Waals surface area contributed by atoms with E-state index in [4.69, 9.17) is 6.42 Å². The van der Waals surface area contributed by atoms with Crippen molar-refractivity contribution >= 4 is 5.91 Å². The van der Waals surface area contributed by atoms with Gasteiger partial charge in [-0.1, -0.05) is 30.5 Å². The maximum atomic E-state index is 12.7. The lowest BCUT2D eigenvalue weighted by atomic mass is 10.0. The SMILES string of the molecule is C#CCN1CCCCC1C(=O)N(C)Cc1ccccc1OC(F)(F)F. The first-order valence-corrected chi connectivity index (χ1v) is 8.08. The predicted octanol–water partition coefficient (Wildman–Crippen LogP) is 3.03. The molecule has 0 radical (unpaired) electrons. The number of amides is 1. The third kappa shape index (κ3) is 5.40. The van der Waals surface area contributed by atoms with E-state index in [1.807, 2.05) is 4.90 Å². The Kier molecular flexibility index (Phi) is 6.32. The standard InChI is InChI=1S/C18H21F3N2O2/c1-3-11-23-12-7-6-9-15(23)17(24)22(2)13-14-8-4-5-10-16(14)25-18(19,20)21/h1,4-5,8,10,15H,6-7,9,11-13H2,2H3. The van der Waals surface area contributed by atoms with Crippen molar-refractivity contribution in [1.82, 2.24) is 9.80 Å². The van der Waals surface area contributed by atoms with Crippen LogP contribution in [0.15, 0.2) is 24.3 Å². The van der Waals surface area contributed by atoms with E-state index >= 15 is 0 Å². The fourth-order valence-corrected chi connectivity index (χ4v) is 3.02. The number of ether oxygens (including phenoxy) is 1. The van der Waals surface area contributed by atoms with Crippen LogP contribution in [0.3, 0.4) is 0 Å². The fraction of sp³-hybridized carbons (Fsp3) is 0.500. The van der Waals surface area contributed by atoms with E-state index in [0.29, 0.717) is 18.5 Å². The summed E-state index contributed by atoms with van der Waals surface area (Å²) in [6.45, 7) is 1.17. The molecule has 1 atom stereocenters. The van der Waals surface area contributed by atoms with E-state index in [1.54, 1.807) is 13.1 Å². The molecule has 1 amide bonds. The van der Waals surface area contributed by atoms with Crippen LogP contribution in [0, 0.1) is 12.3 Å². The van der Waals surface area contributed by atoms with E-state index in [1.165, 1.54) is 23.1 Å². The van der Waals surface area contributed by atoms with E-state index < -0.39 is 6.36 Å². The average Bonchev–Trinajstić information content (AvgIpc) is 2.55. The minimum atomic E-state index is -4.77. The Labute approximate surface area is 145 Å². The summed E-state index contributed by atoms with van der Waals surface area (Å²) in [6, 6.07) is 5.51. The van der Waals surface area contributed by atoms with E-state index in [2.05, 4.69) is 10.7 Å². The van der Waals surface area contributed by atoms with Gasteiger partial charge in [-0.3, -0.25) is 9.69 Å². The summed E-state index contributed by atoms with van der Waals surface area (Å²) in [5.41, 5.74) is 0.301. The average molecular weight is 354 g/mol. The first kappa shape index (κ1) is 19.1. The largest absolute Gasteiger partial charge is 0.573 e. The predicted molar refractivity (Wildman–Crippen MR) is 87.6 cm³/mol. The minimum absolute atomic E-state index is 0.0332. The van der Waals surface area contributed by atoms with Crippen LogP contribution in [-0.4, -0.2) is 48.2 Å². The van der Waals surface area contributed by atoms with Crippen molar-refractivity contribution in [2.75, 3.05) is 20.1 Å². The van der Waals surface area contributed by atoms with Gasteiger partial charge in [-0.25, -0.2) is 0 Å². The Morgan fingerprint density at radius 3 is 2.80 bits per heavy atom. The second-order valence-corrected chi connectivity index (χ2v) is 6.04. The van der Waals surface area contributed by atoms with Gasteiger partial charge in [0.15, 0.2) is 0 Å². The number of likely N-dealkylation sites (tertiary alicyclic amines) is 1. The number of hydrogen-bond acceptors (Lipinski definition) is 3. The molecule has 1 saturated heterocycles. The Morgan fingerprint density at radius 2 is 2.12 bits per heavy atom. The Morgan fingerprint density at radius 1 is 1.40 bits per heavy atom. The number of terminal acetylenes is 1. The first-order chi connectivity index (χ1) is 11.8. The molecule has 1 fully saturated rings. The summed E-state index contributed by atoms with van der Waals surface area (Å²) in [4.78, 5) is 16.1. The number of carbonyl (C=O) groups excluding carboxylic acids is 1. The van der Waals surface area contributed by atoms with Crippen molar-refractivity contribution in [3.05, 3.63) is 29.8 Å². The van der Waals surface area contributed by atoms with Gasteiger partial charge in [0.2, 0.25) is 5.91 Å². The molecule has 2 rings (SSSR count). The molecule has 1 aliphatic heterocycles. The highest BCUT2D eigenvalue weighted by Crippen LogP contribution is 2.27. The van der Waals surface area contributed by atoms with Crippen LogP contribution in [-0.2, 0) is 11.3 Å². The molecule has 4 nitrogen and oxygen atoms in total. The lowest BCUT2D eigenvalue weighted by Gasteiger charge is -2.35. The number of rotatable bonds is 5. The summed E-state index contributed by atoms with van der Waals surface area (Å²) in [5.74, 6) is 2.12. The summed E-state index contributed by atoms with van der Waals surface area (Å²) >= 11 is 0. The molecule has 25 heavy (non-hydrogen) atoms. The van der Waals surface area contributed by atoms with Crippen molar-refractivity contribution in [1.29, 1.82) is 0 Å². The van der Waals surface area contributed by atoms with Gasteiger partial charge in [-0.2, -0.15) is 0 Å². The lowest BCUT2D eigenvalue weighted by molar-refractivity contribution is -0.275. The molecule has 0 N–H and O–H groups in total. The van der Waals surface area contributed by atoms with Crippen LogP contribution in [0.4, 0.5) is 13.2 Å². The van der Waals surface area contributed by atoms with Gasteiger partial charge in [-0.15, -0.1) is 19.6 Å². The molecule has 1 aromatic carbocycles. The van der Waals surface area contributed by atoms with Crippen LogP contribution in [0.1, 0.15) is 24.8 Å². The smallest absolute Gasteiger partial charge is 0.405 e. The van der Waals surface area contributed by atoms with Crippen LogP contribution in [0.5, 0.6) is 5.75 Å². The van der Waals surface area contributed by atoms with Gasteiger partial charge < -0.3 is 9.64 Å². The number of carbonyl (C=O) groups is 1. The summed E-state index contributed by atoms with van der Waals surface area (Å²) in [6.07, 6.45) is 3.20. The lowest BCUT2D eigenvalue weighted by Crippen LogP contribution is -2.49. The molecular weight excluding hydrogens is 333 g/mol. The molecule has 1 aromatic rings. The van der Waals surface area contributed by atoms with Gasteiger partial charge in [0.05, 0.1) is 12.6 Å². The fourth-order valence-electron chi connectivity index (χ4n) is 3.02. The second kappa shape index (κ2) is 8.26. The van der Waals surface area contributed by atoms with E-state index in [0.717, 1.165) is 19.4 Å². The molecule has 0 spiro atoms. The molecule has 0 bridgehead atoms. The molecule has 136 valence electrons. The Hall–Kier alpha value is -2.20. The number of hydrogen-bond donors (Lipinski definition) is 0. The van der Waals surface area contributed by atoms with Crippen molar-refractivity contribution in [3.8, 4) is 18.1 Å². The van der Waals surface area contributed by atoms with E-state index in [9.17, 15) is 18.0 Å². The third-order valence-corrected chi connectivity index (χ3v) is 4.18. The number of para-hydroxylation sites is 1. The molecular formula is C18H21F3N2O2. The Balaban J connectivity index is 2.10. The maximum Gasteiger partial charge on any atom is 0.573 e. The van der Waals surface area contributed by atoms with Gasteiger partial charge in [0.1, 0.15) is 5.75 Å². The second-order valence-electron chi connectivity index (χ2n) is 6.04. The highest BCUT2D eigenvalue weighted by atomic mass is 19.4. The molecule has 1 heterocycles. The zero-order valence-electron chi connectivity index (χ0n) is 14.1. The van der Waals surface area contributed by atoms with Gasteiger partial charge in [0.25, 0.3) is 0 Å². The van der Waals surface area contributed by atoms with Crippen LogP contribution >= 0.6 is 0 Å². The number of halogens is 3. The van der Waals surface area contributed by atoms with Crippen molar-refractivity contribution in [2.24, 2.45) is 0 Å². The van der Waals surface area contributed by atoms with Gasteiger partial charge in [-0.05, 0) is 25.5 Å². The highest BCUT2D eigenvalue weighted by Gasteiger charge is 2.33. The van der Waals surface area contributed by atoms with Crippen LogP contribution < -0.4 is 4.74 Å². The van der Waals surface area contributed by atoms with Crippen LogP contribution in [0.25, 0.3) is 0 Å². The molecule has 0 aliphatic carbocycles. The maximum absolute atomic E-state index is 12.7. The normalized spacial score (nSPS) is 18.4. The zero-order chi connectivity index (χ0) is 18.4. The van der Waals surface area contributed by atoms with Crippen molar-refractivity contribution in [2.45, 2.75) is 38.2 Å². The number of alkyl halides is 3. The molecule has 7 heteroatoms. The van der Waals surface area contributed by atoms with Crippen LogP contribution in [0.2, 0.25) is 0 Å². The number of likely N-dealkylation sites (N-methyl/N-ethyl adjacent to an activating group) is 1. The number of piperidine rings is 1. The Bertz CT molecular complexity index is 640. The summed E-state index contributed by atoms with van der Waals surface area (Å²) in [5, 5.41) is 0. The molecule has 0 aromatic heterocycles. The number of nitrogens with zero attached hydrogens (tertiary/aromatic N) is 2. The van der Waals surface area contributed by atoms with Gasteiger partial charge in [0, 0.05) is 19.2 Å². The van der Waals surface area contributed by atoms with Crippen molar-refractivity contribution < 1.29 is 22.7 Å². The van der Waals surface area contributed by atoms with Gasteiger partial charge >= 0.3 is 6.36 Å². The molecule has 1 unspecified atom stereocenters. The molecule has 1 aliphatic rings. The molecule has 0 saturated carbocycles. The van der Waals surface area contributed by atoms with E-state index in [-0.39, 0.29) is 24.2 Å². The number of benzene rings is 1. The minimum Gasteiger partial charge on any atom is -0.405 e. The monoisotopic (exact) mass is 354 g/mol.